The maximum Gasteiger partial charge on any atom is 0.308 e. The number of aliphatic carboxylic acids is 1. The average Bonchev–Trinajstić information content (AvgIpc) is 3.19. The van der Waals surface area contributed by atoms with Gasteiger partial charge in [0.25, 0.3) is 5.91 Å². The van der Waals surface area contributed by atoms with Crippen molar-refractivity contribution in [2.24, 2.45) is 5.92 Å². The predicted octanol–water partition coefficient (Wildman–Crippen LogP) is 1.64. The Morgan fingerprint density at radius 2 is 2.19 bits per heavy atom. The Balaban J connectivity index is 1.67. The molecule has 2 fully saturated rings. The van der Waals surface area contributed by atoms with E-state index < -0.39 is 11.9 Å². The van der Waals surface area contributed by atoms with Crippen LogP contribution in [0.3, 0.4) is 0 Å². The summed E-state index contributed by atoms with van der Waals surface area (Å²) in [5, 5.41) is 17.0. The van der Waals surface area contributed by atoms with E-state index in [-0.39, 0.29) is 18.0 Å². The highest BCUT2D eigenvalue weighted by Gasteiger charge is 2.51. The summed E-state index contributed by atoms with van der Waals surface area (Å²) in [5.74, 6) is -1.27. The lowest BCUT2D eigenvalue weighted by atomic mass is 9.89. The van der Waals surface area contributed by atoms with Crippen LogP contribution in [0.2, 0.25) is 0 Å². The summed E-state index contributed by atoms with van der Waals surface area (Å²) < 4.78 is 0. The van der Waals surface area contributed by atoms with Crippen LogP contribution in [0.15, 0.2) is 24.4 Å². The van der Waals surface area contributed by atoms with Gasteiger partial charge in [0.05, 0.1) is 17.6 Å². The number of carbonyl (C=O) groups is 2. The zero-order valence-electron chi connectivity index (χ0n) is 11.3. The molecule has 1 aromatic carbocycles. The molecule has 0 radical (unpaired) electrons. The number of nitrogens with zero attached hydrogens (tertiary/aromatic N) is 2. The van der Waals surface area contributed by atoms with Crippen LogP contribution in [0.1, 0.15) is 29.6 Å². The number of aromatic nitrogens is 2. The molecule has 1 aromatic heterocycles. The fourth-order valence-corrected chi connectivity index (χ4v) is 3.79. The number of H-pyrrole nitrogens is 1. The highest BCUT2D eigenvalue weighted by molar-refractivity contribution is 5.98. The van der Waals surface area contributed by atoms with Gasteiger partial charge >= 0.3 is 5.97 Å². The molecule has 6 heteroatoms. The molecule has 2 N–H and O–H groups in total. The molecule has 21 heavy (non-hydrogen) atoms. The summed E-state index contributed by atoms with van der Waals surface area (Å²) in [6.07, 6.45) is 3.99. The predicted molar refractivity (Wildman–Crippen MR) is 74.8 cm³/mol. The third-order valence-corrected chi connectivity index (χ3v) is 4.78. The topological polar surface area (TPSA) is 86.3 Å². The Kier molecular flexibility index (Phi) is 2.54. The first-order valence-corrected chi connectivity index (χ1v) is 7.14. The Hall–Kier alpha value is -2.37. The van der Waals surface area contributed by atoms with Gasteiger partial charge in [0.1, 0.15) is 0 Å². The van der Waals surface area contributed by atoms with E-state index in [1.807, 2.05) is 6.07 Å². The third-order valence-electron chi connectivity index (χ3n) is 4.78. The smallest absolute Gasteiger partial charge is 0.308 e. The molecule has 2 saturated heterocycles. The van der Waals surface area contributed by atoms with Crippen molar-refractivity contribution >= 4 is 22.8 Å². The van der Waals surface area contributed by atoms with E-state index in [1.54, 1.807) is 23.2 Å². The van der Waals surface area contributed by atoms with Gasteiger partial charge in [-0.2, -0.15) is 5.10 Å². The van der Waals surface area contributed by atoms with Crippen molar-refractivity contribution in [1.82, 2.24) is 15.1 Å². The molecule has 108 valence electrons. The van der Waals surface area contributed by atoms with Crippen LogP contribution in [0.5, 0.6) is 0 Å². The zero-order chi connectivity index (χ0) is 14.6. The highest BCUT2D eigenvalue weighted by Crippen LogP contribution is 2.42. The van der Waals surface area contributed by atoms with Gasteiger partial charge in [0, 0.05) is 23.0 Å². The van der Waals surface area contributed by atoms with Crippen molar-refractivity contribution in [3.05, 3.63) is 30.0 Å². The van der Waals surface area contributed by atoms with E-state index >= 15 is 0 Å². The van der Waals surface area contributed by atoms with Gasteiger partial charge in [0.2, 0.25) is 0 Å². The summed E-state index contributed by atoms with van der Waals surface area (Å²) in [7, 11) is 0. The zero-order valence-corrected chi connectivity index (χ0v) is 11.3. The molecule has 1 amide bonds. The summed E-state index contributed by atoms with van der Waals surface area (Å²) in [6.45, 7) is 0. The average molecular weight is 285 g/mol. The number of nitrogens with one attached hydrogen (secondary N) is 1. The molecular weight excluding hydrogens is 270 g/mol. The molecule has 3 heterocycles. The van der Waals surface area contributed by atoms with Crippen LogP contribution >= 0.6 is 0 Å². The van der Waals surface area contributed by atoms with Crippen molar-refractivity contribution in [1.29, 1.82) is 0 Å². The molecule has 6 nitrogen and oxygen atoms in total. The fraction of sp³-hybridized carbons (Fsp3) is 0.400. The van der Waals surface area contributed by atoms with Gasteiger partial charge in [-0.1, -0.05) is 6.07 Å². The Morgan fingerprint density at radius 3 is 2.95 bits per heavy atom. The van der Waals surface area contributed by atoms with Crippen LogP contribution in [-0.4, -0.2) is 44.2 Å². The maximum atomic E-state index is 12.7. The van der Waals surface area contributed by atoms with E-state index in [1.165, 1.54) is 0 Å². The van der Waals surface area contributed by atoms with Gasteiger partial charge in [-0.3, -0.25) is 14.7 Å². The van der Waals surface area contributed by atoms with Gasteiger partial charge in [-0.25, -0.2) is 0 Å². The van der Waals surface area contributed by atoms with Gasteiger partial charge in [0.15, 0.2) is 0 Å². The molecule has 0 aliphatic carbocycles. The number of carboxylic acids is 1. The fourth-order valence-electron chi connectivity index (χ4n) is 3.79. The van der Waals surface area contributed by atoms with E-state index in [0.29, 0.717) is 12.0 Å². The first-order valence-electron chi connectivity index (χ1n) is 7.14. The Bertz CT molecular complexity index is 739. The molecule has 4 rings (SSSR count). The van der Waals surface area contributed by atoms with Crippen molar-refractivity contribution in [2.45, 2.75) is 31.3 Å². The largest absolute Gasteiger partial charge is 0.481 e. The van der Waals surface area contributed by atoms with Gasteiger partial charge < -0.3 is 10.0 Å². The molecule has 0 saturated carbocycles. The Morgan fingerprint density at radius 1 is 1.33 bits per heavy atom. The molecule has 3 unspecified atom stereocenters. The SMILES string of the molecule is O=C(O)C1CC2CCC1N2C(=O)c1ccc2cn[nH]c2c1. The molecule has 2 bridgehead atoms. The quantitative estimate of drug-likeness (QED) is 0.878. The second kappa shape index (κ2) is 4.31. The molecular formula is C15H15N3O3. The van der Waals surface area contributed by atoms with Crippen LogP contribution in [0, 0.1) is 5.92 Å². The summed E-state index contributed by atoms with van der Waals surface area (Å²) in [5.41, 5.74) is 1.41. The van der Waals surface area contributed by atoms with Crippen LogP contribution < -0.4 is 0 Å². The number of amides is 1. The third kappa shape index (κ3) is 1.75. The lowest BCUT2D eigenvalue weighted by Gasteiger charge is -2.23. The monoisotopic (exact) mass is 285 g/mol. The lowest BCUT2D eigenvalue weighted by molar-refractivity contribution is -0.142. The lowest BCUT2D eigenvalue weighted by Crippen LogP contribution is -2.37. The molecule has 2 aliphatic rings. The number of fused-ring (bicyclic) bond motifs is 3. The first-order chi connectivity index (χ1) is 10.1. The second-order valence-corrected chi connectivity index (χ2v) is 5.86. The minimum absolute atomic E-state index is 0.0669. The summed E-state index contributed by atoms with van der Waals surface area (Å²) >= 11 is 0. The molecule has 0 spiro atoms. The van der Waals surface area contributed by atoms with Crippen molar-refractivity contribution in [3.63, 3.8) is 0 Å². The van der Waals surface area contributed by atoms with E-state index in [2.05, 4.69) is 10.2 Å². The van der Waals surface area contributed by atoms with Crippen molar-refractivity contribution in [3.8, 4) is 0 Å². The van der Waals surface area contributed by atoms with E-state index in [0.717, 1.165) is 23.7 Å². The molecule has 2 aromatic rings. The van der Waals surface area contributed by atoms with Crippen LogP contribution in [-0.2, 0) is 4.79 Å². The maximum absolute atomic E-state index is 12.7. The number of benzene rings is 1. The molecule has 3 atom stereocenters. The number of aromatic amines is 1. The number of carbonyl (C=O) groups excluding carboxylic acids is 1. The second-order valence-electron chi connectivity index (χ2n) is 5.86. The number of hydrogen-bond donors (Lipinski definition) is 2. The van der Waals surface area contributed by atoms with Crippen molar-refractivity contribution < 1.29 is 14.7 Å². The minimum Gasteiger partial charge on any atom is -0.481 e. The number of hydrogen-bond acceptors (Lipinski definition) is 3. The first kappa shape index (κ1) is 12.4. The van der Waals surface area contributed by atoms with Crippen LogP contribution in [0.4, 0.5) is 0 Å². The Labute approximate surface area is 120 Å². The van der Waals surface area contributed by atoms with Crippen molar-refractivity contribution in [2.75, 3.05) is 0 Å². The summed E-state index contributed by atoms with van der Waals surface area (Å²) in [6, 6.07) is 5.35. The highest BCUT2D eigenvalue weighted by atomic mass is 16.4. The molecule has 2 aliphatic heterocycles. The van der Waals surface area contributed by atoms with Gasteiger partial charge in [-0.05, 0) is 31.4 Å². The van der Waals surface area contributed by atoms with E-state index in [4.69, 9.17) is 0 Å². The van der Waals surface area contributed by atoms with Gasteiger partial charge in [-0.15, -0.1) is 0 Å². The number of rotatable bonds is 2. The van der Waals surface area contributed by atoms with E-state index in [9.17, 15) is 14.7 Å². The normalized spacial score (nSPS) is 27.4. The standard InChI is InChI=1S/C15H15N3O3/c19-14(8-1-2-9-7-16-17-12(9)5-8)18-10-3-4-13(18)11(6-10)15(20)21/h1-2,5,7,10-11,13H,3-4,6H2,(H,16,17)(H,20,21). The summed E-state index contributed by atoms with van der Waals surface area (Å²) in [4.78, 5) is 25.8. The number of carboxylic acid groups (broad SMARTS) is 1. The minimum atomic E-state index is -0.788. The van der Waals surface area contributed by atoms with Crippen LogP contribution in [0.25, 0.3) is 10.9 Å².